The predicted octanol–water partition coefficient (Wildman–Crippen LogP) is 3.04. The molecule has 0 amide bonds. The number of rotatable bonds is 5. The van der Waals surface area contributed by atoms with Crippen molar-refractivity contribution in [2.45, 2.75) is 25.5 Å². The molecule has 25 heavy (non-hydrogen) atoms. The van der Waals surface area contributed by atoms with Crippen LogP contribution < -0.4 is 0 Å². The van der Waals surface area contributed by atoms with Crippen LogP contribution >= 0.6 is 0 Å². The Hall–Kier alpha value is -2.95. The molecule has 1 heterocycles. The van der Waals surface area contributed by atoms with Gasteiger partial charge in [-0.15, -0.1) is 0 Å². The maximum absolute atomic E-state index is 12.4. The van der Waals surface area contributed by atoms with Crippen molar-refractivity contribution in [3.8, 4) is 0 Å². The van der Waals surface area contributed by atoms with Crippen molar-refractivity contribution in [3.05, 3.63) is 71.8 Å². The van der Waals surface area contributed by atoms with Gasteiger partial charge in [0.25, 0.3) is 0 Å². The van der Waals surface area contributed by atoms with Gasteiger partial charge in [-0.3, -0.25) is 4.99 Å². The number of carbonyl (C=O) groups excluding carboxylic acids is 2. The van der Waals surface area contributed by atoms with Gasteiger partial charge in [-0.1, -0.05) is 48.5 Å². The van der Waals surface area contributed by atoms with Gasteiger partial charge in [-0.25, -0.2) is 9.59 Å². The predicted molar refractivity (Wildman–Crippen MR) is 93.7 cm³/mol. The summed E-state index contributed by atoms with van der Waals surface area (Å²) < 4.78 is 10.7. The molecule has 2 atom stereocenters. The molecule has 0 N–H and O–H groups in total. The number of hydrogen-bond donors (Lipinski definition) is 0. The first-order valence-corrected chi connectivity index (χ1v) is 8.25. The van der Waals surface area contributed by atoms with E-state index >= 15 is 0 Å². The van der Waals surface area contributed by atoms with Crippen molar-refractivity contribution in [3.63, 3.8) is 0 Å². The summed E-state index contributed by atoms with van der Waals surface area (Å²) in [5.74, 6) is -0.826. The van der Waals surface area contributed by atoms with Crippen LogP contribution in [-0.2, 0) is 14.3 Å². The fourth-order valence-electron chi connectivity index (χ4n) is 2.75. The molecule has 2 aromatic rings. The Morgan fingerprint density at radius 1 is 1.04 bits per heavy atom. The molecule has 0 aliphatic carbocycles. The lowest BCUT2D eigenvalue weighted by Gasteiger charge is -2.15. The number of ether oxygens (including phenoxy) is 2. The quantitative estimate of drug-likeness (QED) is 0.787. The van der Waals surface area contributed by atoms with Crippen molar-refractivity contribution in [2.24, 2.45) is 4.99 Å². The number of carbonyl (C=O) groups is 2. The van der Waals surface area contributed by atoms with Crippen LogP contribution in [0.15, 0.2) is 65.7 Å². The monoisotopic (exact) mass is 337 g/mol. The van der Waals surface area contributed by atoms with Crippen LogP contribution in [0.1, 0.15) is 29.3 Å². The lowest BCUT2D eigenvalue weighted by atomic mass is 10.0. The smallest absolute Gasteiger partial charge is 0.338 e. The minimum atomic E-state index is -0.649. The van der Waals surface area contributed by atoms with E-state index in [1.807, 2.05) is 36.4 Å². The van der Waals surface area contributed by atoms with Gasteiger partial charge in [-0.05, 0) is 24.6 Å². The lowest BCUT2D eigenvalue weighted by molar-refractivity contribution is -0.144. The number of hydrogen-bond acceptors (Lipinski definition) is 5. The molecule has 0 bridgehead atoms. The standard InChI is InChI=1S/C20H19NO4/c1-2-24-20(23)16-13-17(18(21-16)14-9-5-3-6-10-14)25-19(22)15-11-7-4-8-12-15/h3-12,16-17H,2,13H2,1H3/t16-,17+/m0/s1. The molecule has 0 radical (unpaired) electrons. The zero-order valence-electron chi connectivity index (χ0n) is 13.9. The summed E-state index contributed by atoms with van der Waals surface area (Å²) in [4.78, 5) is 28.9. The molecule has 0 fully saturated rings. The van der Waals surface area contributed by atoms with Crippen LogP contribution in [0.5, 0.6) is 0 Å². The summed E-state index contributed by atoms with van der Waals surface area (Å²) in [5, 5.41) is 0. The molecule has 0 spiro atoms. The van der Waals surface area contributed by atoms with E-state index in [1.54, 1.807) is 31.2 Å². The Labute approximate surface area is 146 Å². The number of benzene rings is 2. The van der Waals surface area contributed by atoms with Crippen LogP contribution in [0.2, 0.25) is 0 Å². The van der Waals surface area contributed by atoms with Crippen LogP contribution in [0.3, 0.4) is 0 Å². The Morgan fingerprint density at radius 3 is 2.32 bits per heavy atom. The summed E-state index contributed by atoms with van der Waals surface area (Å²) in [6, 6.07) is 17.6. The molecule has 2 aromatic carbocycles. The minimum absolute atomic E-state index is 0.292. The highest BCUT2D eigenvalue weighted by molar-refractivity contribution is 6.08. The van der Waals surface area contributed by atoms with Crippen molar-refractivity contribution >= 4 is 17.7 Å². The first-order valence-electron chi connectivity index (χ1n) is 8.25. The highest BCUT2D eigenvalue weighted by atomic mass is 16.5. The number of esters is 2. The third kappa shape index (κ3) is 3.94. The largest absolute Gasteiger partial charge is 0.464 e. The zero-order valence-corrected chi connectivity index (χ0v) is 13.9. The summed E-state index contributed by atoms with van der Waals surface area (Å²) >= 11 is 0. The molecule has 5 nitrogen and oxygen atoms in total. The van der Waals surface area contributed by atoms with E-state index in [9.17, 15) is 9.59 Å². The Morgan fingerprint density at radius 2 is 1.68 bits per heavy atom. The van der Waals surface area contributed by atoms with Crippen LogP contribution in [0.4, 0.5) is 0 Å². The van der Waals surface area contributed by atoms with E-state index < -0.39 is 24.1 Å². The van der Waals surface area contributed by atoms with Gasteiger partial charge in [0.2, 0.25) is 0 Å². The SMILES string of the molecule is CCOC(=O)[C@@H]1C[C@@H](OC(=O)c2ccccc2)C(c2ccccc2)=N1. The van der Waals surface area contributed by atoms with Crippen molar-refractivity contribution in [1.82, 2.24) is 0 Å². The zero-order chi connectivity index (χ0) is 17.6. The Balaban J connectivity index is 1.83. The van der Waals surface area contributed by atoms with Gasteiger partial charge in [0.05, 0.1) is 17.9 Å². The first-order chi connectivity index (χ1) is 12.2. The topological polar surface area (TPSA) is 65.0 Å². The lowest BCUT2D eigenvalue weighted by Crippen LogP contribution is -2.27. The summed E-state index contributed by atoms with van der Waals surface area (Å²) in [7, 11) is 0. The van der Waals surface area contributed by atoms with Gasteiger partial charge in [0, 0.05) is 6.42 Å². The van der Waals surface area contributed by atoms with E-state index in [0.29, 0.717) is 24.3 Å². The number of nitrogens with zero attached hydrogens (tertiary/aromatic N) is 1. The average Bonchev–Trinajstić information content (AvgIpc) is 3.07. The molecule has 0 unspecified atom stereocenters. The molecule has 1 aliphatic rings. The number of aliphatic imine (C=N–C) groups is 1. The third-order valence-corrected chi connectivity index (χ3v) is 3.92. The molecule has 3 rings (SSSR count). The Bertz CT molecular complexity index is 771. The molecule has 0 saturated heterocycles. The molecule has 0 aromatic heterocycles. The summed E-state index contributed by atoms with van der Waals surface area (Å²) in [5.41, 5.74) is 1.90. The van der Waals surface area contributed by atoms with Gasteiger partial charge in [0.15, 0.2) is 6.04 Å². The fourth-order valence-corrected chi connectivity index (χ4v) is 2.75. The van der Waals surface area contributed by atoms with Gasteiger partial charge < -0.3 is 9.47 Å². The maximum Gasteiger partial charge on any atom is 0.338 e. The molecular formula is C20H19NO4. The van der Waals surface area contributed by atoms with E-state index in [1.165, 1.54) is 0 Å². The average molecular weight is 337 g/mol. The van der Waals surface area contributed by atoms with Gasteiger partial charge >= 0.3 is 11.9 Å². The van der Waals surface area contributed by atoms with Gasteiger partial charge in [-0.2, -0.15) is 0 Å². The second-order valence-electron chi connectivity index (χ2n) is 5.64. The normalized spacial score (nSPS) is 19.2. The molecule has 1 aliphatic heterocycles. The highest BCUT2D eigenvalue weighted by Gasteiger charge is 2.36. The highest BCUT2D eigenvalue weighted by Crippen LogP contribution is 2.24. The second-order valence-corrected chi connectivity index (χ2v) is 5.64. The van der Waals surface area contributed by atoms with Gasteiger partial charge in [0.1, 0.15) is 6.10 Å². The van der Waals surface area contributed by atoms with Crippen LogP contribution in [0.25, 0.3) is 0 Å². The van der Waals surface area contributed by atoms with Crippen LogP contribution in [-0.4, -0.2) is 36.4 Å². The first kappa shape index (κ1) is 16.9. The van der Waals surface area contributed by atoms with E-state index in [-0.39, 0.29) is 0 Å². The summed E-state index contributed by atoms with van der Waals surface area (Å²) in [6.07, 6.45) is -0.286. The molecule has 0 saturated carbocycles. The van der Waals surface area contributed by atoms with E-state index in [2.05, 4.69) is 4.99 Å². The van der Waals surface area contributed by atoms with Crippen molar-refractivity contribution in [2.75, 3.05) is 6.61 Å². The fraction of sp³-hybridized carbons (Fsp3) is 0.250. The van der Waals surface area contributed by atoms with Crippen LogP contribution in [0, 0.1) is 0 Å². The minimum Gasteiger partial charge on any atom is -0.464 e. The summed E-state index contributed by atoms with van der Waals surface area (Å²) in [6.45, 7) is 2.04. The molecular weight excluding hydrogens is 318 g/mol. The van der Waals surface area contributed by atoms with E-state index in [4.69, 9.17) is 9.47 Å². The third-order valence-electron chi connectivity index (χ3n) is 3.92. The maximum atomic E-state index is 12.4. The van der Waals surface area contributed by atoms with Crippen molar-refractivity contribution in [1.29, 1.82) is 0 Å². The molecule has 5 heteroatoms. The van der Waals surface area contributed by atoms with Crippen molar-refractivity contribution < 1.29 is 19.1 Å². The Kier molecular flexibility index (Phi) is 5.23. The second kappa shape index (κ2) is 7.75. The van der Waals surface area contributed by atoms with E-state index in [0.717, 1.165) is 5.56 Å². The molecule has 128 valence electrons.